The van der Waals surface area contributed by atoms with Crippen molar-refractivity contribution in [2.24, 2.45) is 0 Å². The molecule has 0 aliphatic carbocycles. The van der Waals surface area contributed by atoms with Gasteiger partial charge in [-0.05, 0) is 43.0 Å². The zero-order valence-electron chi connectivity index (χ0n) is 12.6. The van der Waals surface area contributed by atoms with Crippen molar-refractivity contribution in [2.45, 2.75) is 45.1 Å². The largest absolute Gasteiger partial charge is 0.492 e. The first kappa shape index (κ1) is 16.0. The van der Waals surface area contributed by atoms with E-state index in [-0.39, 0.29) is 18.1 Å². The van der Waals surface area contributed by atoms with E-state index in [0.29, 0.717) is 13.0 Å². The Morgan fingerprint density at radius 3 is 2.37 bits per heavy atom. The maximum Gasteiger partial charge on any atom is 0.119 e. The van der Waals surface area contributed by atoms with Gasteiger partial charge in [-0.2, -0.15) is 0 Å². The summed E-state index contributed by atoms with van der Waals surface area (Å²) in [7, 11) is 1.89. The molecule has 0 radical (unpaired) electrons. The SMILES string of the molecule is CCC(C)(C)c1ccc(OCC(CCO)NC)cc1. The molecule has 0 aliphatic heterocycles. The van der Waals surface area contributed by atoms with Crippen LogP contribution in [-0.2, 0) is 5.41 Å². The average Bonchev–Trinajstić information content (AvgIpc) is 2.44. The van der Waals surface area contributed by atoms with Gasteiger partial charge in [0.25, 0.3) is 0 Å². The summed E-state index contributed by atoms with van der Waals surface area (Å²) in [5, 5.41) is 12.1. The first-order valence-electron chi connectivity index (χ1n) is 7.05. The monoisotopic (exact) mass is 265 g/mol. The van der Waals surface area contributed by atoms with Crippen molar-refractivity contribution < 1.29 is 9.84 Å². The summed E-state index contributed by atoms with van der Waals surface area (Å²) >= 11 is 0. The Kier molecular flexibility index (Phi) is 6.32. The van der Waals surface area contributed by atoms with Crippen molar-refractivity contribution >= 4 is 0 Å². The second-order valence-corrected chi connectivity index (χ2v) is 5.57. The zero-order valence-corrected chi connectivity index (χ0v) is 12.6. The molecular weight excluding hydrogens is 238 g/mol. The lowest BCUT2D eigenvalue weighted by atomic mass is 9.82. The number of aliphatic hydroxyl groups is 1. The molecule has 0 fully saturated rings. The molecule has 0 heterocycles. The number of hydrogen-bond acceptors (Lipinski definition) is 3. The molecular formula is C16H27NO2. The van der Waals surface area contributed by atoms with Gasteiger partial charge in [-0.25, -0.2) is 0 Å². The Morgan fingerprint density at radius 1 is 1.26 bits per heavy atom. The van der Waals surface area contributed by atoms with Crippen LogP contribution >= 0.6 is 0 Å². The molecule has 2 N–H and O–H groups in total. The Hall–Kier alpha value is -1.06. The molecule has 1 unspecified atom stereocenters. The molecule has 3 heteroatoms. The molecule has 0 aromatic heterocycles. The van der Waals surface area contributed by atoms with Gasteiger partial charge in [-0.3, -0.25) is 0 Å². The summed E-state index contributed by atoms with van der Waals surface area (Å²) < 4.78 is 5.74. The van der Waals surface area contributed by atoms with Crippen molar-refractivity contribution in [3.8, 4) is 5.75 Å². The van der Waals surface area contributed by atoms with Gasteiger partial charge in [-0.1, -0.05) is 32.9 Å². The van der Waals surface area contributed by atoms with E-state index in [9.17, 15) is 0 Å². The van der Waals surface area contributed by atoms with Crippen LogP contribution in [0.2, 0.25) is 0 Å². The van der Waals surface area contributed by atoms with Gasteiger partial charge < -0.3 is 15.2 Å². The number of benzene rings is 1. The fourth-order valence-electron chi connectivity index (χ4n) is 1.87. The minimum atomic E-state index is 0.179. The predicted octanol–water partition coefficient (Wildman–Crippen LogP) is 2.72. The van der Waals surface area contributed by atoms with E-state index in [2.05, 4.69) is 38.2 Å². The third-order valence-corrected chi connectivity index (χ3v) is 3.86. The lowest BCUT2D eigenvalue weighted by molar-refractivity contribution is 0.219. The Labute approximate surface area is 117 Å². The molecule has 0 amide bonds. The normalized spacial score (nSPS) is 13.3. The Bertz CT molecular complexity index is 360. The van der Waals surface area contributed by atoms with Crippen LogP contribution in [0.25, 0.3) is 0 Å². The van der Waals surface area contributed by atoms with Gasteiger partial charge in [0.2, 0.25) is 0 Å². The predicted molar refractivity (Wildman–Crippen MR) is 79.8 cm³/mol. The van der Waals surface area contributed by atoms with Gasteiger partial charge in [0.05, 0.1) is 0 Å². The molecule has 19 heavy (non-hydrogen) atoms. The fourth-order valence-corrected chi connectivity index (χ4v) is 1.87. The number of likely N-dealkylation sites (N-methyl/N-ethyl adjacent to an activating group) is 1. The van der Waals surface area contributed by atoms with Crippen molar-refractivity contribution in [3.05, 3.63) is 29.8 Å². The highest BCUT2D eigenvalue weighted by Crippen LogP contribution is 2.28. The van der Waals surface area contributed by atoms with Crippen molar-refractivity contribution in [1.29, 1.82) is 0 Å². The second kappa shape index (κ2) is 7.51. The van der Waals surface area contributed by atoms with Crippen molar-refractivity contribution in [2.75, 3.05) is 20.3 Å². The van der Waals surface area contributed by atoms with Crippen LogP contribution in [0.3, 0.4) is 0 Å². The summed E-state index contributed by atoms with van der Waals surface area (Å²) in [6.07, 6.45) is 1.82. The number of nitrogens with one attached hydrogen (secondary N) is 1. The summed E-state index contributed by atoms with van der Waals surface area (Å²) in [5.41, 5.74) is 1.55. The minimum absolute atomic E-state index is 0.179. The van der Waals surface area contributed by atoms with Crippen LogP contribution in [0.5, 0.6) is 5.75 Å². The van der Waals surface area contributed by atoms with Crippen molar-refractivity contribution in [1.82, 2.24) is 5.32 Å². The molecule has 1 rings (SSSR count). The lowest BCUT2D eigenvalue weighted by Crippen LogP contribution is -2.32. The summed E-state index contributed by atoms with van der Waals surface area (Å²) in [4.78, 5) is 0. The highest BCUT2D eigenvalue weighted by atomic mass is 16.5. The van der Waals surface area contributed by atoms with Crippen LogP contribution in [-0.4, -0.2) is 31.4 Å². The Morgan fingerprint density at radius 2 is 1.89 bits per heavy atom. The molecule has 3 nitrogen and oxygen atoms in total. The number of hydrogen-bond donors (Lipinski definition) is 2. The smallest absolute Gasteiger partial charge is 0.119 e. The summed E-state index contributed by atoms with van der Waals surface area (Å²) in [6.45, 7) is 7.46. The standard InChI is InChI=1S/C16H27NO2/c1-5-16(2,3)13-6-8-15(9-7-13)19-12-14(17-4)10-11-18/h6-9,14,17-18H,5,10-12H2,1-4H3. The van der Waals surface area contributed by atoms with Crippen LogP contribution in [0.4, 0.5) is 0 Å². The van der Waals surface area contributed by atoms with Crippen LogP contribution in [0, 0.1) is 0 Å². The van der Waals surface area contributed by atoms with E-state index in [0.717, 1.165) is 12.2 Å². The van der Waals surface area contributed by atoms with Gasteiger partial charge >= 0.3 is 0 Å². The second-order valence-electron chi connectivity index (χ2n) is 5.57. The van der Waals surface area contributed by atoms with E-state index < -0.39 is 0 Å². The molecule has 1 atom stereocenters. The molecule has 0 saturated heterocycles. The van der Waals surface area contributed by atoms with Gasteiger partial charge in [0, 0.05) is 12.6 Å². The molecule has 0 bridgehead atoms. The quantitative estimate of drug-likeness (QED) is 0.759. The Balaban J connectivity index is 2.57. The zero-order chi connectivity index (χ0) is 14.3. The van der Waals surface area contributed by atoms with E-state index in [1.54, 1.807) is 0 Å². The first-order valence-corrected chi connectivity index (χ1v) is 7.05. The third-order valence-electron chi connectivity index (χ3n) is 3.86. The number of rotatable bonds is 8. The van der Waals surface area contributed by atoms with E-state index in [1.807, 2.05) is 19.2 Å². The maximum atomic E-state index is 8.92. The van der Waals surface area contributed by atoms with Crippen molar-refractivity contribution in [3.63, 3.8) is 0 Å². The first-order chi connectivity index (χ1) is 9.03. The highest BCUT2D eigenvalue weighted by molar-refractivity contribution is 5.31. The van der Waals surface area contributed by atoms with Gasteiger partial charge in [-0.15, -0.1) is 0 Å². The topological polar surface area (TPSA) is 41.5 Å². The van der Waals surface area contributed by atoms with Crippen LogP contribution in [0.1, 0.15) is 39.2 Å². The fraction of sp³-hybridized carbons (Fsp3) is 0.625. The number of ether oxygens (including phenoxy) is 1. The van der Waals surface area contributed by atoms with Gasteiger partial charge in [0.15, 0.2) is 0 Å². The summed E-state index contributed by atoms with van der Waals surface area (Å²) in [6, 6.07) is 8.52. The maximum absolute atomic E-state index is 8.92. The molecule has 0 aliphatic rings. The highest BCUT2D eigenvalue weighted by Gasteiger charge is 2.17. The average molecular weight is 265 g/mol. The van der Waals surface area contributed by atoms with E-state index >= 15 is 0 Å². The third kappa shape index (κ3) is 4.84. The molecule has 108 valence electrons. The molecule has 0 spiro atoms. The minimum Gasteiger partial charge on any atom is -0.492 e. The van der Waals surface area contributed by atoms with Crippen LogP contribution < -0.4 is 10.1 Å². The molecule has 0 saturated carbocycles. The lowest BCUT2D eigenvalue weighted by Gasteiger charge is -2.23. The van der Waals surface area contributed by atoms with Crippen LogP contribution in [0.15, 0.2) is 24.3 Å². The van der Waals surface area contributed by atoms with Gasteiger partial charge in [0.1, 0.15) is 12.4 Å². The number of aliphatic hydroxyl groups excluding tert-OH is 1. The van der Waals surface area contributed by atoms with E-state index in [1.165, 1.54) is 5.56 Å². The summed E-state index contributed by atoms with van der Waals surface area (Å²) in [5.74, 6) is 0.883. The molecule has 1 aromatic carbocycles. The van der Waals surface area contributed by atoms with E-state index in [4.69, 9.17) is 9.84 Å². The molecule has 1 aromatic rings.